The first-order valence-corrected chi connectivity index (χ1v) is 11.3. The van der Waals surface area contributed by atoms with Gasteiger partial charge in [0.2, 0.25) is 0 Å². The number of aryl methyl sites for hydroxylation is 1. The van der Waals surface area contributed by atoms with Gasteiger partial charge < -0.3 is 25.4 Å². The molecule has 2 aliphatic carbocycles. The molecule has 0 amide bonds. The number of fused-ring (bicyclic) bond motifs is 1. The second-order valence-electron chi connectivity index (χ2n) is 7.49. The predicted octanol–water partition coefficient (Wildman–Crippen LogP) is 2.18. The maximum Gasteiger partial charge on any atom is 0.191 e. The summed E-state index contributed by atoms with van der Waals surface area (Å²) >= 11 is 0.0400. The molecule has 10 nitrogen and oxygen atoms in total. The highest BCUT2D eigenvalue weighted by molar-refractivity contribution is 7.99. The first-order valence-electron chi connectivity index (χ1n) is 17.9. The zero-order valence-electron chi connectivity index (χ0n) is 33.8. The van der Waals surface area contributed by atoms with Crippen LogP contribution in [-0.2, 0) is 4.74 Å². The second kappa shape index (κ2) is 10.5. The summed E-state index contributed by atoms with van der Waals surface area (Å²) in [4.78, 5) is 8.09. The number of anilines is 1. The number of hydrogen-bond acceptors (Lipinski definition) is 10. The smallest absolute Gasteiger partial charge is 0.191 e. The molecular weight excluding hydrogens is 487 g/mol. The van der Waals surface area contributed by atoms with Crippen LogP contribution in [0.1, 0.15) is 69.6 Å². The zero-order valence-corrected chi connectivity index (χ0v) is 19.6. The molecule has 194 valence electrons. The van der Waals surface area contributed by atoms with Gasteiger partial charge in [-0.15, -0.1) is 5.10 Å². The van der Waals surface area contributed by atoms with Crippen LogP contribution in [0.5, 0.6) is 0 Å². The lowest BCUT2D eigenvalue weighted by Gasteiger charge is -2.17. The number of benzene rings is 1. The van der Waals surface area contributed by atoms with Gasteiger partial charge in [-0.3, -0.25) is 0 Å². The zero-order chi connectivity index (χ0) is 39.0. The van der Waals surface area contributed by atoms with E-state index in [0.29, 0.717) is 0 Å². The van der Waals surface area contributed by atoms with Crippen molar-refractivity contribution in [3.05, 3.63) is 35.1 Å². The van der Waals surface area contributed by atoms with Crippen LogP contribution < -0.4 is 5.32 Å². The molecule has 4 N–H and O–H groups in total. The van der Waals surface area contributed by atoms with Gasteiger partial charge in [0.15, 0.2) is 22.1 Å². The highest BCUT2D eigenvalue weighted by atomic mass is 32.2. The van der Waals surface area contributed by atoms with Crippen LogP contribution in [0.25, 0.3) is 11.2 Å². The van der Waals surface area contributed by atoms with Crippen LogP contribution in [-0.4, -0.2) is 83.4 Å². The molecule has 0 bridgehead atoms. The Labute approximate surface area is 233 Å². The van der Waals surface area contributed by atoms with Crippen molar-refractivity contribution in [2.45, 2.75) is 74.3 Å². The summed E-state index contributed by atoms with van der Waals surface area (Å²) in [5, 5.41) is 40.8. The highest BCUT2D eigenvalue weighted by Gasteiger charge is 2.45. The topological polar surface area (TPSA) is 138 Å². The average Bonchev–Trinajstić information content (AvgIpc) is 3.23. The monoisotopic (exact) mass is 533 g/mol. The maximum atomic E-state index is 14.5. The van der Waals surface area contributed by atoms with Crippen LogP contribution in [0.4, 0.5) is 10.2 Å². The number of nitrogens with zero attached hydrogens (tertiary/aromatic N) is 5. The van der Waals surface area contributed by atoms with Gasteiger partial charge in [0.05, 0.1) is 33.5 Å². The van der Waals surface area contributed by atoms with E-state index in [4.69, 9.17) is 20.6 Å². The molecular formula is C24H31FN6O4S. The summed E-state index contributed by atoms with van der Waals surface area (Å²) < 4.78 is 145. The first kappa shape index (κ1) is 12.9. The number of aliphatic hydroxyl groups excluding tert-OH is 1. The highest BCUT2D eigenvalue weighted by Crippen LogP contribution is 2.44. The van der Waals surface area contributed by atoms with Gasteiger partial charge in [-0.05, 0) is 36.9 Å². The van der Waals surface area contributed by atoms with E-state index >= 15 is 0 Å². The van der Waals surface area contributed by atoms with Crippen molar-refractivity contribution in [1.82, 2.24) is 25.0 Å². The molecule has 0 saturated heterocycles. The third-order valence-electron chi connectivity index (χ3n) is 5.14. The van der Waals surface area contributed by atoms with Crippen molar-refractivity contribution >= 4 is 28.7 Å². The van der Waals surface area contributed by atoms with Crippen molar-refractivity contribution in [2.75, 3.05) is 24.2 Å². The number of hydrogen-bond donors (Lipinski definition) is 4. The van der Waals surface area contributed by atoms with Crippen molar-refractivity contribution < 1.29 is 45.0 Å². The fraction of sp³-hybridized carbons (Fsp3) is 0.583. The van der Waals surface area contributed by atoms with E-state index in [2.05, 4.69) is 30.3 Å². The molecule has 1 aromatic carbocycles. The van der Waals surface area contributed by atoms with Crippen LogP contribution in [0.15, 0.2) is 23.4 Å². The number of aromatic nitrogens is 5. The molecule has 2 aromatic heterocycles. The first-order chi connectivity index (χ1) is 22.8. The van der Waals surface area contributed by atoms with Crippen LogP contribution >= 0.6 is 11.8 Å². The summed E-state index contributed by atoms with van der Waals surface area (Å²) in [6.07, 6.45) is -21.6. The Morgan fingerprint density at radius 1 is 1.33 bits per heavy atom. The Morgan fingerprint density at radius 3 is 2.92 bits per heavy atom. The average molecular weight is 534 g/mol. The molecule has 0 unspecified atom stereocenters. The van der Waals surface area contributed by atoms with Gasteiger partial charge in [0.25, 0.3) is 0 Å². The van der Waals surface area contributed by atoms with E-state index in [9.17, 15) is 19.7 Å². The van der Waals surface area contributed by atoms with Crippen molar-refractivity contribution in [1.29, 1.82) is 0 Å². The summed E-state index contributed by atoms with van der Waals surface area (Å²) in [5.41, 5.74) is -4.23. The van der Waals surface area contributed by atoms with Crippen LogP contribution in [0.2, 0.25) is 0 Å². The molecule has 2 fully saturated rings. The van der Waals surface area contributed by atoms with E-state index in [1.54, 1.807) is 0 Å². The number of thioether (sulfide) groups is 1. The molecule has 3 aromatic rings. The molecule has 2 heterocycles. The van der Waals surface area contributed by atoms with Gasteiger partial charge in [-0.2, -0.15) is 0 Å². The second-order valence-corrected chi connectivity index (χ2v) is 8.26. The van der Waals surface area contributed by atoms with Gasteiger partial charge in [-0.1, -0.05) is 36.0 Å². The Bertz CT molecular complexity index is 1900. The van der Waals surface area contributed by atoms with E-state index in [1.165, 1.54) is 19.1 Å². The Balaban J connectivity index is 1.74. The normalized spacial score (nSPS) is 47.9. The summed E-state index contributed by atoms with van der Waals surface area (Å²) in [7, 11) is 0. The summed E-state index contributed by atoms with van der Waals surface area (Å²) in [6, 6.07) is -1.88. The molecule has 0 aliphatic heterocycles. The van der Waals surface area contributed by atoms with Crippen molar-refractivity contribution in [3.63, 3.8) is 0 Å². The van der Waals surface area contributed by atoms with Crippen molar-refractivity contribution in [3.8, 4) is 0 Å². The lowest BCUT2D eigenvalue weighted by atomic mass is 10.1. The largest absolute Gasteiger partial charge is 0.394 e. The Kier molecular flexibility index (Phi) is 3.78. The minimum absolute atomic E-state index is 0.0148. The number of halogens is 1. The number of aliphatic hydroxyl groups is 3. The van der Waals surface area contributed by atoms with Gasteiger partial charge >= 0.3 is 0 Å². The van der Waals surface area contributed by atoms with Gasteiger partial charge in [-0.25, -0.2) is 19.0 Å². The van der Waals surface area contributed by atoms with E-state index < -0.39 is 102 Å². The fourth-order valence-electron chi connectivity index (χ4n) is 3.33. The molecule has 6 atom stereocenters. The summed E-state index contributed by atoms with van der Waals surface area (Å²) in [6.45, 7) is -2.60. The molecule has 0 spiro atoms. The summed E-state index contributed by atoms with van der Waals surface area (Å²) in [5.74, 6) is -3.50. The minimum Gasteiger partial charge on any atom is -0.394 e. The SMILES string of the molecule is [2H]C([2H])(CO)O[C@@]1([2H])C([2H])([2H])[C@@]([2H])(n2nnc3c(N[C@@H]4C([2H])([2H])[C@@]4([2H])c4ccc(C)c(F)c4)nc(SC([2H])([2H])C([2H])([2H])C)nc32)[C@]([2H])(O)[C@]1([2H])O. The lowest BCUT2D eigenvalue weighted by Crippen LogP contribution is -2.33. The van der Waals surface area contributed by atoms with E-state index in [-0.39, 0.29) is 27.6 Å². The van der Waals surface area contributed by atoms with E-state index in [1.807, 2.05) is 0 Å². The standard InChI is InChI=1S/C24H31FN6O4S/c1-3-8-36-24-27-22(26-16-10-14(16)13-5-4-12(2)15(25)9-13)19-23(28-24)31(30-29-19)17-11-18(35-7-6-32)21(34)20(17)33/h4-5,9,14,16-18,20-21,32-34H,3,6-8,10-11H2,1-2H3,(H,26,27,28)/t14-,16+,17+,18-,20-,21+/m0/s1/i3D2,7D2,8D2,10D2,11D2,14D,17D,18D,20D,21D. The van der Waals surface area contributed by atoms with Crippen LogP contribution in [0.3, 0.4) is 0 Å². The molecule has 2 aliphatic rings. The Hall–Kier alpha value is -2.38. The number of nitrogens with one attached hydrogen (secondary N) is 1. The van der Waals surface area contributed by atoms with Crippen LogP contribution in [0, 0.1) is 12.7 Å². The molecule has 2 saturated carbocycles. The maximum absolute atomic E-state index is 14.5. The Morgan fingerprint density at radius 2 is 2.17 bits per heavy atom. The quantitative estimate of drug-likeness (QED) is 0.227. The molecule has 5 rings (SSSR count). The molecule has 0 radical (unpaired) electrons. The predicted molar refractivity (Wildman–Crippen MR) is 133 cm³/mol. The third kappa shape index (κ3) is 4.92. The van der Waals surface area contributed by atoms with Gasteiger partial charge in [0.1, 0.15) is 18.0 Å². The van der Waals surface area contributed by atoms with E-state index in [0.717, 1.165) is 13.0 Å². The molecule has 36 heavy (non-hydrogen) atoms. The lowest BCUT2D eigenvalue weighted by molar-refractivity contribution is -0.0629. The fourth-order valence-corrected chi connectivity index (χ4v) is 3.80. The molecule has 12 heteroatoms. The number of rotatable bonds is 10. The number of ether oxygens (including phenoxy) is 1. The third-order valence-corrected chi connectivity index (χ3v) is 5.81. The van der Waals surface area contributed by atoms with Gasteiger partial charge in [0, 0.05) is 36.4 Å². The minimum atomic E-state index is -4.24. The van der Waals surface area contributed by atoms with Crippen molar-refractivity contribution in [2.24, 2.45) is 0 Å².